The first-order valence-electron chi connectivity index (χ1n) is 8.10. The minimum absolute atomic E-state index is 0.330. The zero-order valence-electron chi connectivity index (χ0n) is 14.1. The van der Waals surface area contributed by atoms with Crippen molar-refractivity contribution in [1.82, 2.24) is 15.1 Å². The molecule has 1 fully saturated rings. The van der Waals surface area contributed by atoms with Gasteiger partial charge in [0.05, 0.1) is 5.69 Å². The van der Waals surface area contributed by atoms with E-state index in [4.69, 9.17) is 4.74 Å². The van der Waals surface area contributed by atoms with Crippen molar-refractivity contribution in [3.05, 3.63) is 46.8 Å². The summed E-state index contributed by atoms with van der Waals surface area (Å²) >= 11 is 0. The normalized spacial score (nSPS) is 21.7. The van der Waals surface area contributed by atoms with E-state index in [2.05, 4.69) is 15.1 Å². The molecule has 0 aliphatic carbocycles. The lowest BCUT2D eigenvalue weighted by Crippen LogP contribution is -2.39. The highest BCUT2D eigenvalue weighted by molar-refractivity contribution is 5.27. The maximum absolute atomic E-state index is 10.8. The number of ether oxygens (including phenoxy) is 1. The van der Waals surface area contributed by atoms with Gasteiger partial charge in [-0.15, -0.1) is 0 Å². The van der Waals surface area contributed by atoms with Crippen LogP contribution in [0.25, 0.3) is 0 Å². The minimum Gasteiger partial charge on any atom is -0.491 e. The quantitative estimate of drug-likeness (QED) is 0.889. The molecule has 3 rings (SSSR count). The van der Waals surface area contributed by atoms with E-state index in [1.54, 1.807) is 0 Å². The van der Waals surface area contributed by atoms with Crippen LogP contribution in [0.3, 0.4) is 0 Å². The molecule has 1 aliphatic rings. The van der Waals surface area contributed by atoms with Crippen molar-refractivity contribution >= 4 is 0 Å². The van der Waals surface area contributed by atoms with Gasteiger partial charge in [0.25, 0.3) is 0 Å². The molecule has 0 radical (unpaired) electrons. The van der Waals surface area contributed by atoms with Crippen LogP contribution in [0.15, 0.2) is 24.3 Å². The molecule has 0 saturated carbocycles. The molecule has 2 aromatic rings. The fourth-order valence-electron chi connectivity index (χ4n) is 3.15. The third-order valence-corrected chi connectivity index (χ3v) is 4.57. The van der Waals surface area contributed by atoms with Gasteiger partial charge in [-0.05, 0) is 44.9 Å². The number of aromatic nitrogens is 2. The maximum Gasteiger partial charge on any atom is 0.119 e. The summed E-state index contributed by atoms with van der Waals surface area (Å²) in [4.78, 5) is 2.27. The summed E-state index contributed by atoms with van der Waals surface area (Å²) in [6.07, 6.45) is 0.731. The molecule has 1 aromatic carbocycles. The third kappa shape index (κ3) is 3.74. The first-order valence-corrected chi connectivity index (χ1v) is 8.10. The molecule has 1 saturated heterocycles. The van der Waals surface area contributed by atoms with E-state index < -0.39 is 5.60 Å². The number of β-amino-alcohol motifs (C(OH)–C–C–N with tert-alkyl or cyclic N) is 1. The summed E-state index contributed by atoms with van der Waals surface area (Å²) in [7, 11) is 0. The number of hydrogen-bond donors (Lipinski definition) is 2. The van der Waals surface area contributed by atoms with Crippen molar-refractivity contribution in [2.45, 2.75) is 39.3 Å². The molecule has 0 amide bonds. The van der Waals surface area contributed by atoms with E-state index in [9.17, 15) is 5.11 Å². The van der Waals surface area contributed by atoms with Crippen molar-refractivity contribution in [2.75, 3.05) is 19.7 Å². The maximum atomic E-state index is 10.8. The van der Waals surface area contributed by atoms with Crippen molar-refractivity contribution in [3.63, 3.8) is 0 Å². The van der Waals surface area contributed by atoms with Crippen LogP contribution in [0.2, 0.25) is 0 Å². The Morgan fingerprint density at radius 1 is 1.35 bits per heavy atom. The van der Waals surface area contributed by atoms with Gasteiger partial charge in [0, 0.05) is 30.9 Å². The Kier molecular flexibility index (Phi) is 4.41. The molecule has 0 spiro atoms. The van der Waals surface area contributed by atoms with E-state index >= 15 is 0 Å². The monoisotopic (exact) mass is 315 g/mol. The van der Waals surface area contributed by atoms with E-state index in [0.29, 0.717) is 13.2 Å². The van der Waals surface area contributed by atoms with Crippen LogP contribution in [-0.2, 0) is 6.54 Å². The molecule has 1 aromatic heterocycles. The molecule has 2 N–H and O–H groups in total. The minimum atomic E-state index is -0.782. The van der Waals surface area contributed by atoms with E-state index in [1.807, 2.05) is 45.0 Å². The second kappa shape index (κ2) is 6.34. The second-order valence-corrected chi connectivity index (χ2v) is 6.70. The summed E-state index contributed by atoms with van der Waals surface area (Å²) in [5.41, 5.74) is 3.75. The molecule has 23 heavy (non-hydrogen) atoms. The average Bonchev–Trinajstić information content (AvgIpc) is 3.04. The number of likely N-dealkylation sites (tertiary alicyclic amines) is 1. The van der Waals surface area contributed by atoms with Gasteiger partial charge in [0.1, 0.15) is 18.0 Å². The summed E-state index contributed by atoms with van der Waals surface area (Å²) in [6.45, 7) is 8.74. The standard InChI is InChI=1S/C18H25N3O2/c1-13-5-4-6-16(9-13)23-12-18(22)7-8-21(11-18)10-17-14(2)19-20-15(17)3/h4-6,9,22H,7-8,10-12H2,1-3H3,(H,19,20)/t18-/m1/s1. The van der Waals surface area contributed by atoms with Crippen molar-refractivity contribution in [3.8, 4) is 5.75 Å². The zero-order chi connectivity index (χ0) is 16.4. The molecule has 0 unspecified atom stereocenters. The van der Waals surface area contributed by atoms with Crippen molar-refractivity contribution in [2.24, 2.45) is 0 Å². The number of nitrogens with one attached hydrogen (secondary N) is 1. The smallest absolute Gasteiger partial charge is 0.119 e. The molecule has 5 nitrogen and oxygen atoms in total. The Bertz CT molecular complexity index is 663. The molecule has 124 valence electrons. The largest absolute Gasteiger partial charge is 0.491 e. The Labute approximate surface area is 137 Å². The Morgan fingerprint density at radius 2 is 2.17 bits per heavy atom. The summed E-state index contributed by atoms with van der Waals surface area (Å²) < 4.78 is 5.81. The first kappa shape index (κ1) is 16.0. The number of aromatic amines is 1. The van der Waals surface area contributed by atoms with Crippen LogP contribution in [0.1, 0.15) is 28.9 Å². The lowest BCUT2D eigenvalue weighted by Gasteiger charge is -2.24. The highest BCUT2D eigenvalue weighted by Crippen LogP contribution is 2.25. The van der Waals surface area contributed by atoms with Crippen LogP contribution in [0.4, 0.5) is 0 Å². The fraction of sp³-hybridized carbons (Fsp3) is 0.500. The van der Waals surface area contributed by atoms with E-state index in [1.165, 1.54) is 5.56 Å². The molecular weight excluding hydrogens is 290 g/mol. The van der Waals surface area contributed by atoms with Crippen LogP contribution in [0, 0.1) is 20.8 Å². The van der Waals surface area contributed by atoms with Crippen LogP contribution < -0.4 is 4.74 Å². The highest BCUT2D eigenvalue weighted by Gasteiger charge is 2.37. The molecule has 5 heteroatoms. The van der Waals surface area contributed by atoms with Gasteiger partial charge < -0.3 is 9.84 Å². The molecule has 0 bridgehead atoms. The summed E-state index contributed by atoms with van der Waals surface area (Å²) in [6, 6.07) is 7.93. The van der Waals surface area contributed by atoms with Gasteiger partial charge in [-0.25, -0.2) is 0 Å². The average molecular weight is 315 g/mol. The number of nitrogens with zero attached hydrogens (tertiary/aromatic N) is 2. The lowest BCUT2D eigenvalue weighted by atomic mass is 10.1. The van der Waals surface area contributed by atoms with E-state index in [0.717, 1.165) is 42.2 Å². The third-order valence-electron chi connectivity index (χ3n) is 4.57. The zero-order valence-corrected chi connectivity index (χ0v) is 14.1. The topological polar surface area (TPSA) is 61.4 Å². The van der Waals surface area contributed by atoms with Gasteiger partial charge >= 0.3 is 0 Å². The Morgan fingerprint density at radius 3 is 2.87 bits per heavy atom. The predicted molar refractivity (Wildman–Crippen MR) is 89.6 cm³/mol. The predicted octanol–water partition coefficient (Wildman–Crippen LogP) is 2.35. The van der Waals surface area contributed by atoms with Gasteiger partial charge in [-0.1, -0.05) is 12.1 Å². The van der Waals surface area contributed by atoms with Gasteiger partial charge in [-0.2, -0.15) is 5.10 Å². The first-order chi connectivity index (χ1) is 11.0. The fourth-order valence-corrected chi connectivity index (χ4v) is 3.15. The molecule has 1 atom stereocenters. The summed E-state index contributed by atoms with van der Waals surface area (Å²) in [5, 5.41) is 18.0. The number of benzene rings is 1. The second-order valence-electron chi connectivity index (χ2n) is 6.70. The van der Waals surface area contributed by atoms with Gasteiger partial charge in [0.2, 0.25) is 0 Å². The molecular formula is C18H25N3O2. The highest BCUT2D eigenvalue weighted by atomic mass is 16.5. The number of hydrogen-bond acceptors (Lipinski definition) is 4. The number of aliphatic hydroxyl groups is 1. The Balaban J connectivity index is 1.57. The van der Waals surface area contributed by atoms with Crippen LogP contribution >= 0.6 is 0 Å². The van der Waals surface area contributed by atoms with Crippen LogP contribution in [0.5, 0.6) is 5.75 Å². The lowest BCUT2D eigenvalue weighted by molar-refractivity contribution is 0.00334. The summed E-state index contributed by atoms with van der Waals surface area (Å²) in [5.74, 6) is 0.818. The van der Waals surface area contributed by atoms with Gasteiger partial charge in [0.15, 0.2) is 0 Å². The van der Waals surface area contributed by atoms with Gasteiger partial charge in [-0.3, -0.25) is 10.00 Å². The number of aryl methyl sites for hydroxylation is 3. The van der Waals surface area contributed by atoms with Crippen molar-refractivity contribution < 1.29 is 9.84 Å². The molecule has 1 aliphatic heterocycles. The number of rotatable bonds is 5. The molecule has 2 heterocycles. The number of H-pyrrole nitrogens is 1. The van der Waals surface area contributed by atoms with Crippen LogP contribution in [-0.4, -0.2) is 45.5 Å². The van der Waals surface area contributed by atoms with E-state index in [-0.39, 0.29) is 0 Å². The SMILES string of the molecule is Cc1cccc(OC[C@@]2(O)CCN(Cc3c(C)n[nH]c3C)C2)c1. The Hall–Kier alpha value is -1.85. The van der Waals surface area contributed by atoms with Crippen molar-refractivity contribution in [1.29, 1.82) is 0 Å².